The second-order valence-electron chi connectivity index (χ2n) is 7.24. The monoisotopic (exact) mass is 360 g/mol. The Kier molecular flexibility index (Phi) is 5.39. The minimum absolute atomic E-state index is 0.0478. The fourth-order valence-corrected chi connectivity index (χ4v) is 4.20. The molecule has 0 aliphatic carbocycles. The van der Waals surface area contributed by atoms with Crippen LogP contribution >= 0.6 is 0 Å². The van der Waals surface area contributed by atoms with Crippen LogP contribution in [0.2, 0.25) is 0 Å². The van der Waals surface area contributed by atoms with Crippen molar-refractivity contribution in [1.82, 2.24) is 9.80 Å². The summed E-state index contributed by atoms with van der Waals surface area (Å²) in [4.78, 5) is 28.9. The molecule has 2 amide bonds. The number of hydrogen-bond donors (Lipinski definition) is 0. The van der Waals surface area contributed by atoms with Gasteiger partial charge in [0.1, 0.15) is 17.1 Å². The van der Waals surface area contributed by atoms with E-state index in [-0.39, 0.29) is 17.2 Å². The highest BCUT2D eigenvalue weighted by molar-refractivity contribution is 5.99. The molecule has 3 rings (SSSR count). The van der Waals surface area contributed by atoms with E-state index in [4.69, 9.17) is 9.47 Å². The van der Waals surface area contributed by atoms with E-state index < -0.39 is 0 Å². The van der Waals surface area contributed by atoms with Crippen LogP contribution in [-0.4, -0.2) is 62.0 Å². The first kappa shape index (κ1) is 18.5. The van der Waals surface area contributed by atoms with Crippen molar-refractivity contribution in [1.29, 1.82) is 0 Å². The molecule has 26 heavy (non-hydrogen) atoms. The lowest BCUT2D eigenvalue weighted by atomic mass is 9.72. The summed E-state index contributed by atoms with van der Waals surface area (Å²) in [5, 5.41) is 0. The Labute approximate surface area is 155 Å². The number of amides is 2. The third-order valence-corrected chi connectivity index (χ3v) is 5.88. The highest BCUT2D eigenvalue weighted by Gasteiger charge is 2.41. The van der Waals surface area contributed by atoms with Crippen LogP contribution in [0.4, 0.5) is 0 Å². The summed E-state index contributed by atoms with van der Waals surface area (Å²) in [5.41, 5.74) is 0.647. The van der Waals surface area contributed by atoms with E-state index in [0.717, 1.165) is 32.4 Å². The fourth-order valence-electron chi connectivity index (χ4n) is 4.20. The number of benzene rings is 1. The number of rotatable bonds is 4. The summed E-state index contributed by atoms with van der Waals surface area (Å²) in [6.45, 7) is 5.02. The van der Waals surface area contributed by atoms with Crippen molar-refractivity contribution in [3.63, 3.8) is 0 Å². The summed E-state index contributed by atoms with van der Waals surface area (Å²) < 4.78 is 10.8. The maximum atomic E-state index is 13.1. The maximum absolute atomic E-state index is 13.1. The molecule has 0 N–H and O–H groups in total. The van der Waals surface area contributed by atoms with Crippen molar-refractivity contribution in [3.8, 4) is 11.5 Å². The lowest BCUT2D eigenvalue weighted by molar-refractivity contribution is -0.138. The quantitative estimate of drug-likeness (QED) is 0.828. The first-order valence-corrected chi connectivity index (χ1v) is 9.31. The van der Waals surface area contributed by atoms with Crippen LogP contribution in [0.5, 0.6) is 11.5 Å². The van der Waals surface area contributed by atoms with Crippen molar-refractivity contribution in [3.05, 3.63) is 23.8 Å². The van der Waals surface area contributed by atoms with Gasteiger partial charge >= 0.3 is 0 Å². The lowest BCUT2D eigenvalue weighted by Gasteiger charge is -2.47. The zero-order valence-electron chi connectivity index (χ0n) is 15.9. The minimum Gasteiger partial charge on any atom is -0.496 e. The molecule has 0 aromatic heterocycles. The van der Waals surface area contributed by atoms with Gasteiger partial charge in [-0.2, -0.15) is 0 Å². The highest BCUT2D eigenvalue weighted by atomic mass is 16.5. The Morgan fingerprint density at radius 2 is 1.73 bits per heavy atom. The van der Waals surface area contributed by atoms with Gasteiger partial charge in [-0.3, -0.25) is 9.59 Å². The number of methoxy groups -OCH3 is 2. The van der Waals surface area contributed by atoms with E-state index in [9.17, 15) is 9.59 Å². The van der Waals surface area contributed by atoms with E-state index in [1.54, 1.807) is 26.4 Å². The third kappa shape index (κ3) is 3.37. The maximum Gasteiger partial charge on any atom is 0.261 e. The SMILES string of the molecule is CCN1CC2(CCC1=O)CCN(C(=O)c1c(OC)cccc1OC)CC2. The van der Waals surface area contributed by atoms with E-state index in [2.05, 4.69) is 0 Å². The van der Waals surface area contributed by atoms with Gasteiger partial charge in [0, 0.05) is 32.6 Å². The van der Waals surface area contributed by atoms with E-state index in [1.165, 1.54) is 0 Å². The molecule has 1 aromatic rings. The molecule has 6 heteroatoms. The minimum atomic E-state index is -0.0478. The van der Waals surface area contributed by atoms with E-state index >= 15 is 0 Å². The average Bonchev–Trinajstić information content (AvgIpc) is 2.69. The van der Waals surface area contributed by atoms with Gasteiger partial charge in [-0.05, 0) is 43.7 Å². The van der Waals surface area contributed by atoms with Crippen molar-refractivity contribution in [2.24, 2.45) is 5.41 Å². The number of ether oxygens (including phenoxy) is 2. The first-order chi connectivity index (χ1) is 12.5. The Bertz CT molecular complexity index is 658. The molecule has 142 valence electrons. The lowest BCUT2D eigenvalue weighted by Crippen LogP contribution is -2.52. The van der Waals surface area contributed by atoms with E-state index in [1.807, 2.05) is 22.8 Å². The van der Waals surface area contributed by atoms with Crippen molar-refractivity contribution >= 4 is 11.8 Å². The standard InChI is InChI=1S/C20H28N2O4/c1-4-21-14-20(9-8-17(21)23)10-12-22(13-11-20)19(24)18-15(25-2)6-5-7-16(18)26-3/h5-7H,4,8-14H2,1-3H3. The number of piperidine rings is 2. The van der Waals surface area contributed by atoms with Gasteiger partial charge in [0.05, 0.1) is 14.2 Å². The topological polar surface area (TPSA) is 59.1 Å². The smallest absolute Gasteiger partial charge is 0.261 e. The molecule has 0 atom stereocenters. The number of carbonyl (C=O) groups is 2. The second-order valence-corrected chi connectivity index (χ2v) is 7.24. The summed E-state index contributed by atoms with van der Waals surface area (Å²) in [5.74, 6) is 1.29. The largest absolute Gasteiger partial charge is 0.496 e. The molecule has 0 unspecified atom stereocenters. The van der Waals surface area contributed by atoms with Crippen molar-refractivity contribution < 1.29 is 19.1 Å². The molecule has 2 heterocycles. The highest BCUT2D eigenvalue weighted by Crippen LogP contribution is 2.41. The van der Waals surface area contributed by atoms with Gasteiger partial charge in [-0.25, -0.2) is 0 Å². The van der Waals surface area contributed by atoms with Gasteiger partial charge in [0.2, 0.25) is 5.91 Å². The fraction of sp³-hybridized carbons (Fsp3) is 0.600. The van der Waals surface area contributed by atoms with Crippen LogP contribution in [0.1, 0.15) is 43.0 Å². The number of hydrogen-bond acceptors (Lipinski definition) is 4. The Morgan fingerprint density at radius 3 is 2.27 bits per heavy atom. The molecule has 0 bridgehead atoms. The van der Waals surface area contributed by atoms with Gasteiger partial charge in [-0.1, -0.05) is 6.07 Å². The molecule has 1 spiro atoms. The molecule has 0 saturated carbocycles. The number of nitrogens with zero attached hydrogens (tertiary/aromatic N) is 2. The molecular formula is C20H28N2O4. The van der Waals surface area contributed by atoms with Crippen LogP contribution in [0.25, 0.3) is 0 Å². The van der Waals surface area contributed by atoms with Crippen LogP contribution in [0.3, 0.4) is 0 Å². The Balaban J connectivity index is 1.73. The van der Waals surface area contributed by atoms with Gasteiger partial charge in [0.15, 0.2) is 0 Å². The normalized spacial score (nSPS) is 19.6. The predicted octanol–water partition coefficient (Wildman–Crippen LogP) is 2.57. The van der Waals surface area contributed by atoms with Gasteiger partial charge in [-0.15, -0.1) is 0 Å². The molecule has 2 fully saturated rings. The Morgan fingerprint density at radius 1 is 1.12 bits per heavy atom. The van der Waals surface area contributed by atoms with Crippen molar-refractivity contribution in [2.75, 3.05) is 40.4 Å². The van der Waals surface area contributed by atoms with Crippen LogP contribution in [0, 0.1) is 5.41 Å². The average molecular weight is 360 g/mol. The van der Waals surface area contributed by atoms with Crippen LogP contribution in [-0.2, 0) is 4.79 Å². The van der Waals surface area contributed by atoms with Gasteiger partial charge < -0.3 is 19.3 Å². The molecule has 1 aromatic carbocycles. The zero-order chi connectivity index (χ0) is 18.7. The van der Waals surface area contributed by atoms with Gasteiger partial charge in [0.25, 0.3) is 5.91 Å². The van der Waals surface area contributed by atoms with Crippen LogP contribution in [0.15, 0.2) is 18.2 Å². The van der Waals surface area contributed by atoms with Crippen molar-refractivity contribution in [2.45, 2.75) is 32.6 Å². The summed E-state index contributed by atoms with van der Waals surface area (Å²) in [7, 11) is 3.13. The molecule has 6 nitrogen and oxygen atoms in total. The third-order valence-electron chi connectivity index (χ3n) is 5.88. The van der Waals surface area contributed by atoms with E-state index in [0.29, 0.717) is 36.6 Å². The first-order valence-electron chi connectivity index (χ1n) is 9.31. The Hall–Kier alpha value is -2.24. The predicted molar refractivity (Wildman–Crippen MR) is 98.6 cm³/mol. The van der Waals surface area contributed by atoms with Crippen LogP contribution < -0.4 is 9.47 Å². The summed E-state index contributed by atoms with van der Waals surface area (Å²) in [6, 6.07) is 5.39. The summed E-state index contributed by atoms with van der Waals surface area (Å²) >= 11 is 0. The molecular weight excluding hydrogens is 332 g/mol. The number of carbonyl (C=O) groups excluding carboxylic acids is 2. The summed E-state index contributed by atoms with van der Waals surface area (Å²) in [6.07, 6.45) is 3.42. The second kappa shape index (κ2) is 7.56. The zero-order valence-corrected chi connectivity index (χ0v) is 15.9. The molecule has 0 radical (unpaired) electrons. The molecule has 2 saturated heterocycles. The molecule has 2 aliphatic rings. The number of likely N-dealkylation sites (tertiary alicyclic amines) is 2. The molecule has 2 aliphatic heterocycles.